The van der Waals surface area contributed by atoms with Crippen molar-refractivity contribution in [3.8, 4) is 5.75 Å². The monoisotopic (exact) mass is 349 g/mol. The maximum absolute atomic E-state index is 11.4. The third kappa shape index (κ3) is 4.56. The molecule has 0 radical (unpaired) electrons. The zero-order valence-electron chi connectivity index (χ0n) is 13.1. The molecular weight excluding hydrogens is 330 g/mol. The Morgan fingerprint density at radius 2 is 1.88 bits per heavy atom. The molecule has 0 unspecified atom stereocenters. The first-order valence-corrected chi connectivity index (χ1v) is 8.90. The Morgan fingerprint density at radius 1 is 1.17 bits per heavy atom. The summed E-state index contributed by atoms with van der Waals surface area (Å²) in [6.07, 6.45) is 2.70. The summed E-state index contributed by atoms with van der Waals surface area (Å²) in [5.41, 5.74) is 0. The SMILES string of the molecule is C=CC(=O)NCCCCOc1cccc2c(S(=O)(=O)O)cccc12. The minimum atomic E-state index is -4.29. The third-order valence-electron chi connectivity index (χ3n) is 3.43. The van der Waals surface area contributed by atoms with Crippen LogP contribution in [0.25, 0.3) is 10.8 Å². The van der Waals surface area contributed by atoms with E-state index in [-0.39, 0.29) is 10.8 Å². The number of amides is 1. The number of fused-ring (bicyclic) bond motifs is 1. The number of hydrogen-bond acceptors (Lipinski definition) is 4. The molecule has 24 heavy (non-hydrogen) atoms. The maximum Gasteiger partial charge on any atom is 0.295 e. The number of hydrogen-bond donors (Lipinski definition) is 2. The first-order valence-electron chi connectivity index (χ1n) is 7.46. The van der Waals surface area contributed by atoms with E-state index >= 15 is 0 Å². The summed E-state index contributed by atoms with van der Waals surface area (Å²) in [5, 5.41) is 3.71. The van der Waals surface area contributed by atoms with E-state index in [1.54, 1.807) is 30.3 Å². The van der Waals surface area contributed by atoms with Crippen molar-refractivity contribution in [2.75, 3.05) is 13.2 Å². The van der Waals surface area contributed by atoms with E-state index in [0.717, 1.165) is 12.8 Å². The second-order valence-corrected chi connectivity index (χ2v) is 6.52. The third-order valence-corrected chi connectivity index (χ3v) is 4.35. The van der Waals surface area contributed by atoms with E-state index in [1.807, 2.05) is 0 Å². The highest BCUT2D eigenvalue weighted by atomic mass is 32.2. The van der Waals surface area contributed by atoms with Gasteiger partial charge in [-0.3, -0.25) is 9.35 Å². The Bertz CT molecular complexity index is 845. The highest BCUT2D eigenvalue weighted by Crippen LogP contribution is 2.30. The molecule has 0 saturated carbocycles. The average Bonchev–Trinajstić information content (AvgIpc) is 2.56. The maximum atomic E-state index is 11.4. The number of nitrogens with one attached hydrogen (secondary N) is 1. The van der Waals surface area contributed by atoms with Gasteiger partial charge < -0.3 is 10.1 Å². The molecule has 0 aliphatic carbocycles. The van der Waals surface area contributed by atoms with Crippen LogP contribution < -0.4 is 10.1 Å². The van der Waals surface area contributed by atoms with Crippen LogP contribution in [0.5, 0.6) is 5.75 Å². The Kier molecular flexibility index (Phi) is 5.94. The molecule has 0 bridgehead atoms. The lowest BCUT2D eigenvalue weighted by Gasteiger charge is -2.11. The van der Waals surface area contributed by atoms with Crippen LogP contribution >= 0.6 is 0 Å². The lowest BCUT2D eigenvalue weighted by atomic mass is 10.1. The largest absolute Gasteiger partial charge is 0.493 e. The standard InChI is InChI=1S/C17H19NO5S/c1-2-17(19)18-11-3-4-12-23-15-9-5-8-14-13(15)7-6-10-16(14)24(20,21)22/h2,5-10H,1,3-4,11-12H2,(H,18,19)(H,20,21,22). The van der Waals surface area contributed by atoms with Crippen LogP contribution in [0.15, 0.2) is 53.9 Å². The molecule has 128 valence electrons. The predicted molar refractivity (Wildman–Crippen MR) is 91.7 cm³/mol. The van der Waals surface area contributed by atoms with Gasteiger partial charge in [0, 0.05) is 17.3 Å². The van der Waals surface area contributed by atoms with Crippen molar-refractivity contribution in [3.63, 3.8) is 0 Å². The Balaban J connectivity index is 2.03. The summed E-state index contributed by atoms with van der Waals surface area (Å²) in [4.78, 5) is 10.9. The van der Waals surface area contributed by atoms with Crippen molar-refractivity contribution in [1.82, 2.24) is 5.32 Å². The molecule has 0 aromatic heterocycles. The summed E-state index contributed by atoms with van der Waals surface area (Å²) < 4.78 is 37.9. The molecule has 0 saturated heterocycles. The molecule has 0 heterocycles. The van der Waals surface area contributed by atoms with Crippen LogP contribution in [0.3, 0.4) is 0 Å². The smallest absolute Gasteiger partial charge is 0.295 e. The van der Waals surface area contributed by atoms with Crippen LogP contribution in [0.4, 0.5) is 0 Å². The van der Waals surface area contributed by atoms with E-state index < -0.39 is 10.1 Å². The normalized spacial score (nSPS) is 11.2. The summed E-state index contributed by atoms with van der Waals surface area (Å²) in [6, 6.07) is 9.69. The summed E-state index contributed by atoms with van der Waals surface area (Å²) in [6.45, 7) is 4.34. The van der Waals surface area contributed by atoms with Gasteiger partial charge in [-0.2, -0.15) is 8.42 Å². The van der Waals surface area contributed by atoms with Crippen molar-refractivity contribution in [2.24, 2.45) is 0 Å². The van der Waals surface area contributed by atoms with E-state index in [1.165, 1.54) is 12.1 Å². The molecule has 0 aliphatic heterocycles. The van der Waals surface area contributed by atoms with Crippen LogP contribution in [-0.4, -0.2) is 32.0 Å². The fourth-order valence-corrected chi connectivity index (χ4v) is 3.00. The summed E-state index contributed by atoms with van der Waals surface area (Å²) in [7, 11) is -4.29. The van der Waals surface area contributed by atoms with Crippen molar-refractivity contribution >= 4 is 26.8 Å². The minimum absolute atomic E-state index is 0.141. The molecule has 0 aliphatic rings. The van der Waals surface area contributed by atoms with Gasteiger partial charge in [-0.15, -0.1) is 0 Å². The highest BCUT2D eigenvalue weighted by Gasteiger charge is 2.15. The average molecular weight is 349 g/mol. The molecule has 2 aromatic rings. The lowest BCUT2D eigenvalue weighted by Crippen LogP contribution is -2.22. The van der Waals surface area contributed by atoms with Crippen molar-refractivity contribution < 1.29 is 22.5 Å². The highest BCUT2D eigenvalue weighted by molar-refractivity contribution is 7.86. The molecular formula is C17H19NO5S. The van der Waals surface area contributed by atoms with Gasteiger partial charge in [-0.25, -0.2) is 0 Å². The molecule has 1 amide bonds. The van der Waals surface area contributed by atoms with Gasteiger partial charge in [-0.1, -0.05) is 30.8 Å². The number of unbranched alkanes of at least 4 members (excludes halogenated alkanes) is 1. The van der Waals surface area contributed by atoms with E-state index in [0.29, 0.717) is 29.7 Å². The topological polar surface area (TPSA) is 92.7 Å². The molecule has 6 nitrogen and oxygen atoms in total. The number of benzene rings is 2. The molecule has 7 heteroatoms. The van der Waals surface area contributed by atoms with Gasteiger partial charge in [0.1, 0.15) is 10.6 Å². The van der Waals surface area contributed by atoms with Gasteiger partial charge in [-0.05, 0) is 31.1 Å². The molecule has 2 aromatic carbocycles. The molecule has 0 fully saturated rings. The number of rotatable bonds is 8. The Hall–Kier alpha value is -2.38. The first-order chi connectivity index (χ1) is 11.4. The number of carbonyl (C=O) groups excluding carboxylic acids is 1. The van der Waals surface area contributed by atoms with Crippen LogP contribution in [0, 0.1) is 0 Å². The summed E-state index contributed by atoms with van der Waals surface area (Å²) in [5.74, 6) is 0.343. The Morgan fingerprint density at radius 3 is 2.58 bits per heavy atom. The Labute approximate surface area is 140 Å². The fraction of sp³-hybridized carbons (Fsp3) is 0.235. The van der Waals surface area contributed by atoms with Crippen molar-refractivity contribution in [3.05, 3.63) is 49.1 Å². The van der Waals surface area contributed by atoms with Gasteiger partial charge in [0.15, 0.2) is 0 Å². The second kappa shape index (κ2) is 7.94. The zero-order chi connectivity index (χ0) is 17.6. The quantitative estimate of drug-likeness (QED) is 0.434. The van der Waals surface area contributed by atoms with Crippen LogP contribution in [-0.2, 0) is 14.9 Å². The minimum Gasteiger partial charge on any atom is -0.493 e. The van der Waals surface area contributed by atoms with Gasteiger partial charge in [0.25, 0.3) is 10.1 Å². The number of ether oxygens (including phenoxy) is 1. The number of carbonyl (C=O) groups is 1. The summed E-state index contributed by atoms with van der Waals surface area (Å²) >= 11 is 0. The molecule has 2 N–H and O–H groups in total. The van der Waals surface area contributed by atoms with Gasteiger partial charge in [0.2, 0.25) is 5.91 Å². The zero-order valence-corrected chi connectivity index (χ0v) is 13.9. The van der Waals surface area contributed by atoms with Gasteiger partial charge in [0.05, 0.1) is 6.61 Å². The van der Waals surface area contributed by atoms with Crippen molar-refractivity contribution in [2.45, 2.75) is 17.7 Å². The molecule has 0 spiro atoms. The molecule has 2 rings (SSSR count). The van der Waals surface area contributed by atoms with E-state index in [9.17, 15) is 17.8 Å². The first kappa shape index (κ1) is 18.0. The van der Waals surface area contributed by atoms with Gasteiger partial charge >= 0.3 is 0 Å². The predicted octanol–water partition coefficient (Wildman–Crippen LogP) is 2.55. The molecule has 0 atom stereocenters. The van der Waals surface area contributed by atoms with Crippen molar-refractivity contribution in [1.29, 1.82) is 0 Å². The van der Waals surface area contributed by atoms with Crippen LogP contribution in [0.1, 0.15) is 12.8 Å². The lowest BCUT2D eigenvalue weighted by molar-refractivity contribution is -0.116. The van der Waals surface area contributed by atoms with E-state index in [2.05, 4.69) is 11.9 Å². The van der Waals surface area contributed by atoms with Crippen LogP contribution in [0.2, 0.25) is 0 Å². The second-order valence-electron chi connectivity index (χ2n) is 5.13. The fourth-order valence-electron chi connectivity index (χ4n) is 2.30. The van der Waals surface area contributed by atoms with E-state index in [4.69, 9.17) is 4.74 Å².